The third-order valence-corrected chi connectivity index (χ3v) is 5.18. The summed E-state index contributed by atoms with van der Waals surface area (Å²) in [6, 6.07) is 19.6. The Morgan fingerprint density at radius 2 is 1.74 bits per heavy atom. The number of anilines is 2. The van der Waals surface area contributed by atoms with E-state index in [4.69, 9.17) is 0 Å². The summed E-state index contributed by atoms with van der Waals surface area (Å²) >= 11 is 1.67. The summed E-state index contributed by atoms with van der Waals surface area (Å²) in [4.78, 5) is 16.1. The van der Waals surface area contributed by atoms with Crippen molar-refractivity contribution >= 4 is 28.6 Å². The highest BCUT2D eigenvalue weighted by Gasteiger charge is 2.35. The number of fused-ring (bicyclic) bond motifs is 1. The van der Waals surface area contributed by atoms with Crippen LogP contribution >= 0.6 is 11.3 Å². The maximum Gasteiger partial charge on any atom is 0.262 e. The quantitative estimate of drug-likeness (QED) is 0.733. The molecular weight excluding hydrogens is 304 g/mol. The zero-order valence-corrected chi connectivity index (χ0v) is 13.5. The molecule has 0 bridgehead atoms. The Bertz CT molecular complexity index is 857. The molecule has 3 nitrogen and oxygen atoms in total. The highest BCUT2D eigenvalue weighted by atomic mass is 32.1. The highest BCUT2D eigenvalue weighted by molar-refractivity contribution is 7.10. The molecule has 0 fully saturated rings. The first-order chi connectivity index (χ1) is 11.3. The molecule has 0 spiro atoms. The molecule has 114 valence electrons. The van der Waals surface area contributed by atoms with E-state index in [0.29, 0.717) is 5.56 Å². The van der Waals surface area contributed by atoms with Gasteiger partial charge < -0.3 is 5.32 Å². The molecule has 1 amide bonds. The van der Waals surface area contributed by atoms with Crippen molar-refractivity contribution in [3.05, 3.63) is 82.0 Å². The molecule has 0 saturated carbocycles. The summed E-state index contributed by atoms with van der Waals surface area (Å²) in [6.07, 6.45) is -0.181. The monoisotopic (exact) mass is 320 g/mol. The fourth-order valence-electron chi connectivity index (χ4n) is 2.96. The van der Waals surface area contributed by atoms with E-state index in [-0.39, 0.29) is 12.1 Å². The fourth-order valence-corrected chi connectivity index (χ4v) is 3.92. The van der Waals surface area contributed by atoms with E-state index in [1.54, 1.807) is 11.3 Å². The number of carbonyl (C=O) groups is 1. The summed E-state index contributed by atoms with van der Waals surface area (Å²) in [5.41, 5.74) is 3.70. The van der Waals surface area contributed by atoms with Crippen molar-refractivity contribution in [3.8, 4) is 0 Å². The normalized spacial score (nSPS) is 16.8. The first-order valence-corrected chi connectivity index (χ1v) is 8.42. The lowest BCUT2D eigenvalue weighted by Gasteiger charge is -2.37. The van der Waals surface area contributed by atoms with Gasteiger partial charge in [0.25, 0.3) is 5.91 Å². The second kappa shape index (κ2) is 5.56. The smallest absolute Gasteiger partial charge is 0.262 e. The van der Waals surface area contributed by atoms with Gasteiger partial charge in [-0.2, -0.15) is 0 Å². The molecule has 1 aliphatic rings. The van der Waals surface area contributed by atoms with Gasteiger partial charge in [-0.25, -0.2) is 0 Å². The van der Waals surface area contributed by atoms with Crippen LogP contribution in [-0.4, -0.2) is 5.91 Å². The second-order valence-corrected chi connectivity index (χ2v) is 6.52. The van der Waals surface area contributed by atoms with Crippen molar-refractivity contribution in [1.82, 2.24) is 0 Å². The molecule has 0 unspecified atom stereocenters. The number of rotatable bonds is 2. The third-order valence-electron chi connectivity index (χ3n) is 4.11. The number of hydrogen-bond acceptors (Lipinski definition) is 3. The van der Waals surface area contributed by atoms with Crippen molar-refractivity contribution in [3.63, 3.8) is 0 Å². The molecule has 0 saturated heterocycles. The van der Waals surface area contributed by atoms with E-state index < -0.39 is 0 Å². The maximum atomic E-state index is 13.1. The van der Waals surface area contributed by atoms with Crippen molar-refractivity contribution in [2.45, 2.75) is 13.1 Å². The van der Waals surface area contributed by atoms with Crippen LogP contribution in [0.1, 0.15) is 27.0 Å². The molecule has 2 heterocycles. The van der Waals surface area contributed by atoms with E-state index in [1.165, 1.54) is 5.56 Å². The average Bonchev–Trinajstić information content (AvgIpc) is 3.01. The molecule has 0 aliphatic carbocycles. The molecule has 4 rings (SSSR count). The lowest BCUT2D eigenvalue weighted by Crippen LogP contribution is -2.43. The summed E-state index contributed by atoms with van der Waals surface area (Å²) in [5.74, 6) is 0.0309. The van der Waals surface area contributed by atoms with Crippen molar-refractivity contribution in [2.75, 3.05) is 10.2 Å². The number of carbonyl (C=O) groups excluding carboxylic acids is 1. The van der Waals surface area contributed by atoms with Gasteiger partial charge in [-0.15, -0.1) is 11.3 Å². The topological polar surface area (TPSA) is 32.3 Å². The molecule has 1 aromatic heterocycles. The van der Waals surface area contributed by atoms with Gasteiger partial charge in [-0.1, -0.05) is 30.3 Å². The SMILES string of the molecule is Cc1ccsc1[C@H]1Nc2ccccc2C(=O)N1c1ccccc1. The third kappa shape index (κ3) is 2.32. The van der Waals surface area contributed by atoms with Crippen LogP contribution in [0.3, 0.4) is 0 Å². The molecule has 4 heteroatoms. The van der Waals surface area contributed by atoms with Gasteiger partial charge in [-0.3, -0.25) is 9.69 Å². The van der Waals surface area contributed by atoms with Crippen LogP contribution in [0.4, 0.5) is 11.4 Å². The molecule has 1 N–H and O–H groups in total. The number of amides is 1. The number of nitrogens with one attached hydrogen (secondary N) is 1. The van der Waals surface area contributed by atoms with Gasteiger partial charge in [0.2, 0.25) is 0 Å². The molecule has 3 aromatic rings. The van der Waals surface area contributed by atoms with Crippen LogP contribution < -0.4 is 10.2 Å². The Labute approximate surface area is 139 Å². The van der Waals surface area contributed by atoms with Crippen LogP contribution in [0.15, 0.2) is 66.0 Å². The Kier molecular flexibility index (Phi) is 3.39. The lowest BCUT2D eigenvalue weighted by molar-refractivity contribution is 0.0975. The number of hydrogen-bond donors (Lipinski definition) is 1. The van der Waals surface area contributed by atoms with Crippen molar-refractivity contribution in [1.29, 1.82) is 0 Å². The van der Waals surface area contributed by atoms with Crippen LogP contribution in [0.5, 0.6) is 0 Å². The van der Waals surface area contributed by atoms with E-state index in [9.17, 15) is 4.79 Å². The number of thiophene rings is 1. The van der Waals surface area contributed by atoms with Gasteiger partial charge in [-0.05, 0) is 48.2 Å². The maximum absolute atomic E-state index is 13.1. The Morgan fingerprint density at radius 1 is 1.00 bits per heavy atom. The summed E-state index contributed by atoms with van der Waals surface area (Å²) in [7, 11) is 0. The van der Waals surface area contributed by atoms with Gasteiger partial charge in [0.05, 0.1) is 10.4 Å². The molecule has 1 atom stereocenters. The van der Waals surface area contributed by atoms with Crippen molar-refractivity contribution < 1.29 is 4.79 Å². The minimum absolute atomic E-state index is 0.0309. The Hall–Kier alpha value is -2.59. The van der Waals surface area contributed by atoms with Crippen LogP contribution in [0.25, 0.3) is 0 Å². The largest absolute Gasteiger partial charge is 0.360 e. The molecule has 2 aromatic carbocycles. The Morgan fingerprint density at radius 3 is 2.48 bits per heavy atom. The summed E-state index contributed by atoms with van der Waals surface area (Å²) in [5, 5.41) is 5.60. The first kappa shape index (κ1) is 14.0. The predicted molar refractivity (Wildman–Crippen MR) is 95.1 cm³/mol. The number of nitrogens with zero attached hydrogens (tertiary/aromatic N) is 1. The second-order valence-electron chi connectivity index (χ2n) is 5.57. The van der Waals surface area contributed by atoms with Crippen LogP contribution in [0.2, 0.25) is 0 Å². The zero-order valence-electron chi connectivity index (χ0n) is 12.7. The number of para-hydroxylation sites is 2. The van der Waals surface area contributed by atoms with Gasteiger partial charge in [0, 0.05) is 11.4 Å². The minimum atomic E-state index is -0.181. The minimum Gasteiger partial charge on any atom is -0.360 e. The van der Waals surface area contributed by atoms with E-state index in [0.717, 1.165) is 16.3 Å². The summed E-state index contributed by atoms with van der Waals surface area (Å²) in [6.45, 7) is 2.08. The number of benzene rings is 2. The van der Waals surface area contributed by atoms with E-state index in [1.807, 2.05) is 59.5 Å². The van der Waals surface area contributed by atoms with Gasteiger partial charge in [0.15, 0.2) is 0 Å². The van der Waals surface area contributed by atoms with Crippen LogP contribution in [-0.2, 0) is 0 Å². The Balaban J connectivity index is 1.89. The zero-order chi connectivity index (χ0) is 15.8. The predicted octanol–water partition coefficient (Wildman–Crippen LogP) is 4.83. The van der Waals surface area contributed by atoms with Crippen LogP contribution in [0, 0.1) is 6.92 Å². The molecule has 0 radical (unpaired) electrons. The van der Waals surface area contributed by atoms with E-state index >= 15 is 0 Å². The molecule has 23 heavy (non-hydrogen) atoms. The van der Waals surface area contributed by atoms with Gasteiger partial charge >= 0.3 is 0 Å². The highest BCUT2D eigenvalue weighted by Crippen LogP contribution is 2.39. The first-order valence-electron chi connectivity index (χ1n) is 7.54. The lowest BCUT2D eigenvalue weighted by atomic mass is 10.0. The fraction of sp³-hybridized carbons (Fsp3) is 0.105. The van der Waals surface area contributed by atoms with Gasteiger partial charge in [0.1, 0.15) is 6.17 Å². The van der Waals surface area contributed by atoms with E-state index in [2.05, 4.69) is 23.7 Å². The average molecular weight is 320 g/mol. The van der Waals surface area contributed by atoms with Crippen molar-refractivity contribution in [2.24, 2.45) is 0 Å². The number of aryl methyl sites for hydroxylation is 1. The standard InChI is InChI=1S/C19H16N2OS/c1-13-11-12-23-17(13)18-20-16-10-6-5-9-15(16)19(22)21(18)14-7-3-2-4-8-14/h2-12,18,20H,1H3/t18-/m0/s1. The molecular formula is C19H16N2OS. The summed E-state index contributed by atoms with van der Waals surface area (Å²) < 4.78 is 0. The molecule has 1 aliphatic heterocycles.